The Kier molecular flexibility index (Phi) is 2.76. The molecular weight excluding hydrogens is 174 g/mol. The van der Waals surface area contributed by atoms with Crippen molar-refractivity contribution in [2.24, 2.45) is 5.92 Å². The van der Waals surface area contributed by atoms with Gasteiger partial charge < -0.3 is 5.32 Å². The number of nitrogens with zero attached hydrogens (tertiary/aromatic N) is 2. The van der Waals surface area contributed by atoms with Gasteiger partial charge in [0.25, 0.3) is 0 Å². The lowest BCUT2D eigenvalue weighted by Gasteiger charge is -2.03. The maximum absolute atomic E-state index is 8.65. The van der Waals surface area contributed by atoms with E-state index in [2.05, 4.69) is 10.3 Å². The minimum absolute atomic E-state index is 0.496. The van der Waals surface area contributed by atoms with Crippen LogP contribution in [-0.4, -0.2) is 11.5 Å². The van der Waals surface area contributed by atoms with Gasteiger partial charge in [0.1, 0.15) is 11.8 Å². The minimum Gasteiger partial charge on any atom is -0.312 e. The zero-order chi connectivity index (χ0) is 9.80. The van der Waals surface area contributed by atoms with Gasteiger partial charge in [-0.15, -0.1) is 0 Å². The van der Waals surface area contributed by atoms with Crippen molar-refractivity contribution >= 4 is 0 Å². The predicted octanol–water partition coefficient (Wildman–Crippen LogP) is 1.45. The van der Waals surface area contributed by atoms with Gasteiger partial charge >= 0.3 is 0 Å². The lowest BCUT2D eigenvalue weighted by atomic mass is 10.2. The van der Waals surface area contributed by atoms with Crippen LogP contribution in [0, 0.1) is 17.2 Å². The molecule has 0 unspecified atom stereocenters. The van der Waals surface area contributed by atoms with Gasteiger partial charge in [0, 0.05) is 12.7 Å². The summed E-state index contributed by atoms with van der Waals surface area (Å²) in [4.78, 5) is 3.92. The van der Waals surface area contributed by atoms with Gasteiger partial charge in [-0.2, -0.15) is 5.26 Å². The Morgan fingerprint density at radius 3 is 3.14 bits per heavy atom. The Morgan fingerprint density at radius 1 is 1.57 bits per heavy atom. The molecule has 3 heteroatoms. The average Bonchev–Trinajstić information content (AvgIpc) is 3.02. The molecule has 14 heavy (non-hydrogen) atoms. The summed E-state index contributed by atoms with van der Waals surface area (Å²) in [7, 11) is 0. The molecule has 1 N–H and O–H groups in total. The van der Waals surface area contributed by atoms with Crippen LogP contribution < -0.4 is 5.32 Å². The molecule has 0 bridgehead atoms. The summed E-state index contributed by atoms with van der Waals surface area (Å²) < 4.78 is 0. The predicted molar refractivity (Wildman–Crippen MR) is 53.4 cm³/mol. The van der Waals surface area contributed by atoms with Crippen molar-refractivity contribution in [2.45, 2.75) is 19.4 Å². The van der Waals surface area contributed by atoms with E-state index in [0.717, 1.165) is 24.6 Å². The number of nitrogens with one attached hydrogen (secondary N) is 1. The van der Waals surface area contributed by atoms with E-state index in [1.165, 1.54) is 12.8 Å². The first-order valence-corrected chi connectivity index (χ1v) is 4.94. The smallest absolute Gasteiger partial charge is 0.140 e. The number of hydrogen-bond donors (Lipinski definition) is 1. The van der Waals surface area contributed by atoms with E-state index < -0.39 is 0 Å². The number of nitriles is 1. The van der Waals surface area contributed by atoms with Gasteiger partial charge in [0.2, 0.25) is 0 Å². The summed E-state index contributed by atoms with van der Waals surface area (Å²) in [5.41, 5.74) is 1.63. The highest BCUT2D eigenvalue weighted by molar-refractivity contribution is 5.25. The van der Waals surface area contributed by atoms with Crippen LogP contribution in [0.5, 0.6) is 0 Å². The summed E-state index contributed by atoms with van der Waals surface area (Å²) >= 11 is 0. The van der Waals surface area contributed by atoms with Gasteiger partial charge in [-0.3, -0.25) is 0 Å². The van der Waals surface area contributed by atoms with E-state index >= 15 is 0 Å². The third-order valence-electron chi connectivity index (χ3n) is 2.40. The van der Waals surface area contributed by atoms with Gasteiger partial charge in [0.15, 0.2) is 0 Å². The maximum Gasteiger partial charge on any atom is 0.140 e. The molecule has 1 aromatic heterocycles. The topological polar surface area (TPSA) is 48.7 Å². The molecule has 1 aliphatic carbocycles. The quantitative estimate of drug-likeness (QED) is 0.776. The Bertz CT molecular complexity index is 350. The highest BCUT2D eigenvalue weighted by Crippen LogP contribution is 2.27. The first kappa shape index (κ1) is 9.17. The molecule has 0 spiro atoms. The Morgan fingerprint density at radius 2 is 2.43 bits per heavy atom. The van der Waals surface area contributed by atoms with Crippen LogP contribution in [0.25, 0.3) is 0 Å². The van der Waals surface area contributed by atoms with Crippen LogP contribution >= 0.6 is 0 Å². The molecule has 1 saturated carbocycles. The number of pyridine rings is 1. The van der Waals surface area contributed by atoms with E-state index in [1.54, 1.807) is 6.20 Å². The van der Waals surface area contributed by atoms with Crippen LogP contribution in [0.15, 0.2) is 18.3 Å². The second-order valence-electron chi connectivity index (χ2n) is 3.74. The molecule has 2 rings (SSSR count). The zero-order valence-electron chi connectivity index (χ0n) is 8.03. The van der Waals surface area contributed by atoms with Crippen LogP contribution in [-0.2, 0) is 6.54 Å². The fourth-order valence-corrected chi connectivity index (χ4v) is 1.39. The summed E-state index contributed by atoms with van der Waals surface area (Å²) in [5, 5.41) is 12.0. The summed E-state index contributed by atoms with van der Waals surface area (Å²) in [6.45, 7) is 1.94. The van der Waals surface area contributed by atoms with E-state index in [9.17, 15) is 0 Å². The third kappa shape index (κ3) is 2.54. The van der Waals surface area contributed by atoms with E-state index in [1.807, 2.05) is 18.2 Å². The first-order valence-electron chi connectivity index (χ1n) is 4.94. The molecule has 0 radical (unpaired) electrons. The molecule has 1 fully saturated rings. The number of hydrogen-bond acceptors (Lipinski definition) is 3. The Labute approximate surface area is 83.8 Å². The van der Waals surface area contributed by atoms with Crippen molar-refractivity contribution in [3.8, 4) is 6.07 Å². The van der Waals surface area contributed by atoms with Crippen molar-refractivity contribution in [2.75, 3.05) is 6.54 Å². The molecule has 72 valence electrons. The third-order valence-corrected chi connectivity index (χ3v) is 2.40. The van der Waals surface area contributed by atoms with Crippen molar-refractivity contribution in [1.82, 2.24) is 10.3 Å². The van der Waals surface area contributed by atoms with Crippen LogP contribution in [0.2, 0.25) is 0 Å². The van der Waals surface area contributed by atoms with Gasteiger partial charge in [-0.1, -0.05) is 0 Å². The monoisotopic (exact) mass is 187 g/mol. The molecule has 1 aromatic rings. The molecule has 1 heterocycles. The SMILES string of the molecule is N#Cc1cc(CNCC2CC2)ccn1. The second-order valence-corrected chi connectivity index (χ2v) is 3.74. The van der Waals surface area contributed by atoms with Gasteiger partial charge in [-0.25, -0.2) is 4.98 Å². The largest absolute Gasteiger partial charge is 0.312 e. The average molecular weight is 187 g/mol. The fraction of sp³-hybridized carbons (Fsp3) is 0.455. The van der Waals surface area contributed by atoms with E-state index in [-0.39, 0.29) is 0 Å². The maximum atomic E-state index is 8.65. The van der Waals surface area contributed by atoms with Crippen LogP contribution in [0.4, 0.5) is 0 Å². The Hall–Kier alpha value is -1.40. The molecular formula is C11H13N3. The fourth-order valence-electron chi connectivity index (χ4n) is 1.39. The lowest BCUT2D eigenvalue weighted by Crippen LogP contribution is -2.16. The lowest BCUT2D eigenvalue weighted by molar-refractivity contribution is 0.638. The van der Waals surface area contributed by atoms with E-state index in [0.29, 0.717) is 5.69 Å². The van der Waals surface area contributed by atoms with Crippen molar-refractivity contribution in [1.29, 1.82) is 5.26 Å². The summed E-state index contributed by atoms with van der Waals surface area (Å²) in [6, 6.07) is 5.82. The van der Waals surface area contributed by atoms with E-state index in [4.69, 9.17) is 5.26 Å². The van der Waals surface area contributed by atoms with Crippen molar-refractivity contribution in [3.63, 3.8) is 0 Å². The molecule has 0 atom stereocenters. The molecule has 0 aromatic carbocycles. The molecule has 1 aliphatic rings. The normalized spacial score (nSPS) is 15.1. The first-order chi connectivity index (χ1) is 6.88. The standard InChI is InChI=1S/C11H13N3/c12-6-11-5-10(3-4-14-11)8-13-7-9-1-2-9/h3-5,9,13H,1-2,7-8H2. The highest BCUT2D eigenvalue weighted by atomic mass is 14.9. The second kappa shape index (κ2) is 4.21. The number of aromatic nitrogens is 1. The summed E-state index contributed by atoms with van der Waals surface area (Å²) in [5.74, 6) is 0.896. The molecule has 3 nitrogen and oxygen atoms in total. The molecule has 0 aliphatic heterocycles. The zero-order valence-corrected chi connectivity index (χ0v) is 8.03. The summed E-state index contributed by atoms with van der Waals surface area (Å²) in [6.07, 6.45) is 4.42. The number of rotatable bonds is 4. The van der Waals surface area contributed by atoms with Crippen molar-refractivity contribution in [3.05, 3.63) is 29.6 Å². The van der Waals surface area contributed by atoms with Crippen LogP contribution in [0.3, 0.4) is 0 Å². The van der Waals surface area contributed by atoms with Gasteiger partial charge in [-0.05, 0) is 43.0 Å². The van der Waals surface area contributed by atoms with Gasteiger partial charge in [0.05, 0.1) is 0 Å². The molecule has 0 saturated heterocycles. The van der Waals surface area contributed by atoms with Crippen molar-refractivity contribution < 1.29 is 0 Å². The minimum atomic E-state index is 0.496. The van der Waals surface area contributed by atoms with Crippen LogP contribution in [0.1, 0.15) is 24.1 Å². The molecule has 0 amide bonds. The highest BCUT2D eigenvalue weighted by Gasteiger charge is 2.19. The Balaban J connectivity index is 1.85.